The molecular weight excluding hydrogens is 338 g/mol. The summed E-state index contributed by atoms with van der Waals surface area (Å²) >= 11 is 0. The highest BCUT2D eigenvalue weighted by molar-refractivity contribution is 6.05. The summed E-state index contributed by atoms with van der Waals surface area (Å²) in [5, 5.41) is 9.13. The summed E-state index contributed by atoms with van der Waals surface area (Å²) in [6, 6.07) is 7.36. The van der Waals surface area contributed by atoms with Crippen molar-refractivity contribution < 1.29 is 4.79 Å². The zero-order chi connectivity index (χ0) is 18.6. The van der Waals surface area contributed by atoms with E-state index in [-0.39, 0.29) is 17.0 Å². The highest BCUT2D eigenvalue weighted by atomic mass is 16.2. The molecule has 0 radical (unpaired) electrons. The van der Waals surface area contributed by atoms with E-state index in [1.165, 1.54) is 23.9 Å². The van der Waals surface area contributed by atoms with Crippen molar-refractivity contribution in [2.75, 3.05) is 0 Å². The summed E-state index contributed by atoms with van der Waals surface area (Å²) in [6.45, 7) is 2.54. The predicted octanol–water partition coefficient (Wildman–Crippen LogP) is 3.51. The lowest BCUT2D eigenvalue weighted by Crippen LogP contribution is -2.60. The van der Waals surface area contributed by atoms with Crippen molar-refractivity contribution in [3.63, 3.8) is 0 Å². The Hall–Kier alpha value is -2.17. The second-order valence-corrected chi connectivity index (χ2v) is 9.07. The maximum absolute atomic E-state index is 13.3. The number of benzene rings is 1. The van der Waals surface area contributed by atoms with Crippen LogP contribution in [0.15, 0.2) is 29.1 Å². The molecule has 4 fully saturated rings. The Balaban J connectivity index is 1.53. The van der Waals surface area contributed by atoms with Crippen LogP contribution in [0.3, 0.4) is 0 Å². The first kappa shape index (κ1) is 17.0. The predicted molar refractivity (Wildman–Crippen MR) is 105 cm³/mol. The minimum absolute atomic E-state index is 0.0552. The number of nitrogens with zero attached hydrogens (tertiary/aromatic N) is 2. The van der Waals surface area contributed by atoms with Gasteiger partial charge in [0.1, 0.15) is 0 Å². The van der Waals surface area contributed by atoms with Gasteiger partial charge >= 0.3 is 0 Å². The average molecular weight is 365 g/mol. The third-order valence-corrected chi connectivity index (χ3v) is 6.94. The van der Waals surface area contributed by atoms with E-state index < -0.39 is 0 Å². The van der Waals surface area contributed by atoms with Crippen LogP contribution >= 0.6 is 0 Å². The molecule has 1 heterocycles. The van der Waals surface area contributed by atoms with Crippen molar-refractivity contribution in [2.45, 2.75) is 64.0 Å². The van der Waals surface area contributed by atoms with E-state index in [9.17, 15) is 9.59 Å². The summed E-state index contributed by atoms with van der Waals surface area (Å²) in [5.41, 5.74) is 0.230. The summed E-state index contributed by atoms with van der Waals surface area (Å²) < 4.78 is 1.46. The van der Waals surface area contributed by atoms with Crippen LogP contribution in [0.25, 0.3) is 10.8 Å². The first-order valence-electron chi connectivity index (χ1n) is 10.4. The Morgan fingerprint density at radius 2 is 1.70 bits per heavy atom. The maximum Gasteiger partial charge on any atom is 0.274 e. The molecule has 5 heteroatoms. The van der Waals surface area contributed by atoms with E-state index in [0.717, 1.165) is 43.4 Å². The van der Waals surface area contributed by atoms with Crippen LogP contribution in [-0.2, 0) is 6.54 Å². The molecule has 2 aromatic rings. The number of nitrogens with one attached hydrogen (secondary N) is 1. The molecule has 4 saturated carbocycles. The molecule has 4 bridgehead atoms. The molecule has 1 aromatic carbocycles. The van der Waals surface area contributed by atoms with Crippen LogP contribution in [0.1, 0.15) is 62.4 Å². The number of fused-ring (bicyclic) bond motifs is 1. The van der Waals surface area contributed by atoms with Gasteiger partial charge in [-0.1, -0.05) is 25.1 Å². The fourth-order valence-electron chi connectivity index (χ4n) is 6.33. The summed E-state index contributed by atoms with van der Waals surface area (Å²) in [7, 11) is 0. The molecule has 4 aliphatic rings. The van der Waals surface area contributed by atoms with Gasteiger partial charge < -0.3 is 5.32 Å². The van der Waals surface area contributed by atoms with Gasteiger partial charge in [-0.2, -0.15) is 5.10 Å². The van der Waals surface area contributed by atoms with Crippen LogP contribution in [0.2, 0.25) is 0 Å². The van der Waals surface area contributed by atoms with Gasteiger partial charge in [0.25, 0.3) is 11.5 Å². The molecule has 1 aromatic heterocycles. The Kier molecular flexibility index (Phi) is 3.88. The van der Waals surface area contributed by atoms with Crippen molar-refractivity contribution >= 4 is 16.7 Å². The second-order valence-electron chi connectivity index (χ2n) is 9.07. The molecule has 0 unspecified atom stereocenters. The monoisotopic (exact) mass is 365 g/mol. The van der Waals surface area contributed by atoms with Gasteiger partial charge in [-0.3, -0.25) is 9.59 Å². The fraction of sp³-hybridized carbons (Fsp3) is 0.591. The Bertz CT molecular complexity index is 926. The lowest BCUT2D eigenvalue weighted by molar-refractivity contribution is -0.0167. The lowest BCUT2D eigenvalue weighted by Gasteiger charge is -2.56. The maximum atomic E-state index is 13.3. The second kappa shape index (κ2) is 6.18. The highest BCUT2D eigenvalue weighted by Gasteiger charge is 2.51. The zero-order valence-corrected chi connectivity index (χ0v) is 15.9. The van der Waals surface area contributed by atoms with E-state index in [1.54, 1.807) is 6.07 Å². The summed E-state index contributed by atoms with van der Waals surface area (Å²) in [4.78, 5) is 26.0. The molecule has 0 aliphatic heterocycles. The van der Waals surface area contributed by atoms with Crippen LogP contribution in [0, 0.1) is 17.8 Å². The standard InChI is InChI=1S/C22H27N3O2/c1-2-7-25-21(27)18-6-4-3-5-17(18)19(24-25)20(26)23-22-11-14-8-15(12-22)10-16(9-14)13-22/h3-6,14-16H,2,7-13H2,1H3,(H,23,26). The topological polar surface area (TPSA) is 64.0 Å². The summed E-state index contributed by atoms with van der Waals surface area (Å²) in [6.07, 6.45) is 8.17. The number of amides is 1. The van der Waals surface area contributed by atoms with Gasteiger partial charge in [0.2, 0.25) is 0 Å². The molecule has 27 heavy (non-hydrogen) atoms. The number of hydrogen-bond acceptors (Lipinski definition) is 3. The van der Waals surface area contributed by atoms with Crippen molar-refractivity contribution in [3.05, 3.63) is 40.3 Å². The quantitative estimate of drug-likeness (QED) is 0.902. The Morgan fingerprint density at radius 3 is 2.30 bits per heavy atom. The largest absolute Gasteiger partial charge is 0.345 e. The van der Waals surface area contributed by atoms with Crippen LogP contribution in [0.4, 0.5) is 0 Å². The number of carbonyl (C=O) groups is 1. The molecule has 1 N–H and O–H groups in total. The van der Waals surface area contributed by atoms with Gasteiger partial charge in [0.15, 0.2) is 5.69 Å². The van der Waals surface area contributed by atoms with Gasteiger partial charge in [-0.25, -0.2) is 4.68 Å². The zero-order valence-electron chi connectivity index (χ0n) is 15.9. The van der Waals surface area contributed by atoms with Crippen LogP contribution in [0.5, 0.6) is 0 Å². The molecular formula is C22H27N3O2. The fourth-order valence-corrected chi connectivity index (χ4v) is 6.33. The number of hydrogen-bond donors (Lipinski definition) is 1. The van der Waals surface area contributed by atoms with Gasteiger partial charge in [-0.15, -0.1) is 0 Å². The van der Waals surface area contributed by atoms with Crippen molar-refractivity contribution in [2.24, 2.45) is 17.8 Å². The van der Waals surface area contributed by atoms with E-state index >= 15 is 0 Å². The third-order valence-electron chi connectivity index (χ3n) is 6.94. The number of rotatable bonds is 4. The minimum Gasteiger partial charge on any atom is -0.345 e. The summed E-state index contributed by atoms with van der Waals surface area (Å²) in [5.74, 6) is 2.21. The molecule has 0 saturated heterocycles. The van der Waals surface area contributed by atoms with Crippen molar-refractivity contribution in [1.82, 2.24) is 15.1 Å². The SMILES string of the molecule is CCCn1nc(C(=O)NC23CC4CC(CC(C4)C2)C3)c2ccccc2c1=O. The first-order valence-corrected chi connectivity index (χ1v) is 10.4. The average Bonchev–Trinajstić information content (AvgIpc) is 2.62. The molecule has 1 amide bonds. The third kappa shape index (κ3) is 2.79. The minimum atomic E-state index is -0.113. The van der Waals surface area contributed by atoms with Crippen molar-refractivity contribution in [3.8, 4) is 0 Å². The number of carbonyl (C=O) groups excluding carboxylic acids is 1. The van der Waals surface area contributed by atoms with Crippen LogP contribution in [-0.4, -0.2) is 21.2 Å². The van der Waals surface area contributed by atoms with Gasteiger partial charge in [0.05, 0.1) is 5.39 Å². The van der Waals surface area contributed by atoms with Gasteiger partial charge in [-0.05, 0) is 68.8 Å². The highest BCUT2D eigenvalue weighted by Crippen LogP contribution is 2.55. The molecule has 0 atom stereocenters. The normalized spacial score (nSPS) is 31.4. The first-order chi connectivity index (χ1) is 13.1. The molecule has 6 rings (SSSR count). The van der Waals surface area contributed by atoms with Crippen LogP contribution < -0.4 is 10.9 Å². The van der Waals surface area contributed by atoms with Crippen molar-refractivity contribution in [1.29, 1.82) is 0 Å². The van der Waals surface area contributed by atoms with E-state index in [2.05, 4.69) is 10.4 Å². The number of aromatic nitrogens is 2. The lowest BCUT2D eigenvalue weighted by atomic mass is 9.53. The van der Waals surface area contributed by atoms with E-state index in [1.807, 2.05) is 25.1 Å². The molecule has 0 spiro atoms. The smallest absolute Gasteiger partial charge is 0.274 e. The molecule has 5 nitrogen and oxygen atoms in total. The number of aryl methyl sites for hydroxylation is 1. The molecule has 142 valence electrons. The Morgan fingerprint density at radius 1 is 1.11 bits per heavy atom. The van der Waals surface area contributed by atoms with E-state index in [0.29, 0.717) is 23.0 Å². The van der Waals surface area contributed by atoms with E-state index in [4.69, 9.17) is 0 Å². The Labute approximate surface area is 159 Å². The molecule has 4 aliphatic carbocycles. The van der Waals surface area contributed by atoms with Gasteiger partial charge in [0, 0.05) is 17.5 Å².